The van der Waals surface area contributed by atoms with E-state index in [2.05, 4.69) is 10.0 Å². The van der Waals surface area contributed by atoms with Gasteiger partial charge in [0.05, 0.1) is 16.1 Å². The van der Waals surface area contributed by atoms with Crippen molar-refractivity contribution in [2.24, 2.45) is 0 Å². The van der Waals surface area contributed by atoms with E-state index in [0.717, 1.165) is 17.0 Å². The van der Waals surface area contributed by atoms with Crippen LogP contribution < -0.4 is 10.0 Å². The number of thioether (sulfide) groups is 1. The molecule has 5 nitrogen and oxygen atoms in total. The van der Waals surface area contributed by atoms with Crippen LogP contribution in [0.15, 0.2) is 76.5 Å². The molecule has 0 atom stereocenters. The molecule has 0 aliphatic rings. The lowest BCUT2D eigenvalue weighted by molar-refractivity contribution is -0.137. The molecule has 168 valence electrons. The lowest BCUT2D eigenvalue weighted by Crippen LogP contribution is -2.17. The number of amides is 1. The number of benzene rings is 3. The monoisotopic (exact) mass is 480 g/mol. The van der Waals surface area contributed by atoms with Crippen molar-refractivity contribution in [3.63, 3.8) is 0 Å². The summed E-state index contributed by atoms with van der Waals surface area (Å²) in [4.78, 5) is 13.3. The number of nitrogens with one attached hydrogen (secondary N) is 2. The Morgan fingerprint density at radius 3 is 2.38 bits per heavy atom. The molecule has 0 aromatic heterocycles. The Balaban J connectivity index is 1.89. The number of anilines is 2. The van der Waals surface area contributed by atoms with Crippen molar-refractivity contribution in [2.75, 3.05) is 16.3 Å². The smallest absolute Gasteiger partial charge is 0.322 e. The molecule has 0 radical (unpaired) electrons. The first-order valence-electron chi connectivity index (χ1n) is 9.26. The third-order valence-electron chi connectivity index (χ3n) is 4.56. The number of carbonyl (C=O) groups is 1. The van der Waals surface area contributed by atoms with Crippen LogP contribution in [0.2, 0.25) is 0 Å². The Morgan fingerprint density at radius 2 is 1.69 bits per heavy atom. The number of aryl methyl sites for hydroxylation is 1. The summed E-state index contributed by atoms with van der Waals surface area (Å²) in [5, 5.41) is 2.40. The fourth-order valence-electron chi connectivity index (χ4n) is 2.92. The van der Waals surface area contributed by atoms with Gasteiger partial charge < -0.3 is 5.32 Å². The molecule has 0 unspecified atom stereocenters. The Morgan fingerprint density at radius 1 is 0.969 bits per heavy atom. The highest BCUT2D eigenvalue weighted by Crippen LogP contribution is 2.31. The summed E-state index contributed by atoms with van der Waals surface area (Å²) >= 11 is 1.37. The molecule has 2 N–H and O–H groups in total. The van der Waals surface area contributed by atoms with Gasteiger partial charge in [-0.1, -0.05) is 24.3 Å². The van der Waals surface area contributed by atoms with Crippen molar-refractivity contribution >= 4 is 39.1 Å². The van der Waals surface area contributed by atoms with Crippen LogP contribution in [-0.2, 0) is 16.2 Å². The zero-order chi connectivity index (χ0) is 23.5. The zero-order valence-corrected chi connectivity index (χ0v) is 18.7. The molecule has 0 aliphatic carbocycles. The van der Waals surface area contributed by atoms with Gasteiger partial charge in [0, 0.05) is 16.1 Å². The molecule has 0 heterocycles. The SMILES string of the molecule is CSc1ccccc1NS(=O)(=O)c1ccc(C)c(C(=O)Nc2cccc(C(F)(F)F)c2)c1. The van der Waals surface area contributed by atoms with Gasteiger partial charge in [0.2, 0.25) is 0 Å². The average Bonchev–Trinajstić information content (AvgIpc) is 2.73. The van der Waals surface area contributed by atoms with Crippen LogP contribution in [-0.4, -0.2) is 20.6 Å². The topological polar surface area (TPSA) is 75.3 Å². The van der Waals surface area contributed by atoms with E-state index in [-0.39, 0.29) is 16.1 Å². The minimum Gasteiger partial charge on any atom is -0.322 e. The summed E-state index contributed by atoms with van der Waals surface area (Å²) < 4.78 is 67.1. The molecule has 32 heavy (non-hydrogen) atoms. The van der Waals surface area contributed by atoms with Gasteiger partial charge >= 0.3 is 6.18 Å². The van der Waals surface area contributed by atoms with E-state index in [1.165, 1.54) is 42.1 Å². The second kappa shape index (κ2) is 9.25. The van der Waals surface area contributed by atoms with Crippen molar-refractivity contribution in [3.8, 4) is 0 Å². The van der Waals surface area contributed by atoms with Gasteiger partial charge in [-0.15, -0.1) is 11.8 Å². The minimum absolute atomic E-state index is 0.0310. The molecule has 0 spiro atoms. The molecule has 0 bridgehead atoms. The number of carbonyl (C=O) groups excluding carboxylic acids is 1. The molecule has 0 saturated heterocycles. The predicted octanol–water partition coefficient (Wildman–Crippen LogP) is 5.79. The highest BCUT2D eigenvalue weighted by molar-refractivity contribution is 7.99. The maximum atomic E-state index is 12.9. The summed E-state index contributed by atoms with van der Waals surface area (Å²) in [6.07, 6.45) is -2.74. The number of sulfonamides is 1. The molecule has 0 aliphatic heterocycles. The average molecular weight is 481 g/mol. The first kappa shape index (κ1) is 23.7. The molecule has 3 rings (SSSR count). The Bertz CT molecular complexity index is 1260. The summed E-state index contributed by atoms with van der Waals surface area (Å²) in [6, 6.07) is 15.1. The molecule has 3 aromatic carbocycles. The van der Waals surface area contributed by atoms with E-state index in [1.807, 2.05) is 6.26 Å². The highest BCUT2D eigenvalue weighted by atomic mass is 32.2. The second-order valence-corrected chi connectivity index (χ2v) is 9.35. The van der Waals surface area contributed by atoms with E-state index in [1.54, 1.807) is 31.2 Å². The van der Waals surface area contributed by atoms with Crippen LogP contribution in [0.1, 0.15) is 21.5 Å². The maximum Gasteiger partial charge on any atom is 0.416 e. The van der Waals surface area contributed by atoms with Gasteiger partial charge in [0.15, 0.2) is 0 Å². The van der Waals surface area contributed by atoms with Crippen LogP contribution >= 0.6 is 11.8 Å². The van der Waals surface area contributed by atoms with Crippen molar-refractivity contribution in [1.82, 2.24) is 0 Å². The standard InChI is InChI=1S/C22H19F3N2O3S2/c1-14-10-11-17(32(29,30)27-19-8-3-4-9-20(19)31-2)13-18(14)21(28)26-16-7-5-6-15(12-16)22(23,24)25/h3-13,27H,1-2H3,(H,26,28). The van der Waals surface area contributed by atoms with E-state index < -0.39 is 27.7 Å². The lowest BCUT2D eigenvalue weighted by Gasteiger charge is -2.14. The van der Waals surface area contributed by atoms with Gasteiger partial charge in [0.25, 0.3) is 15.9 Å². The third-order valence-corrected chi connectivity index (χ3v) is 6.72. The number of hydrogen-bond acceptors (Lipinski definition) is 4. The number of halogens is 3. The Kier molecular flexibility index (Phi) is 6.85. The summed E-state index contributed by atoms with van der Waals surface area (Å²) in [5.74, 6) is -0.719. The second-order valence-electron chi connectivity index (χ2n) is 6.82. The lowest BCUT2D eigenvalue weighted by atomic mass is 10.1. The molecule has 3 aromatic rings. The molecule has 10 heteroatoms. The quantitative estimate of drug-likeness (QED) is 0.438. The first-order valence-corrected chi connectivity index (χ1v) is 12.0. The molecule has 0 fully saturated rings. The maximum absolute atomic E-state index is 12.9. The van der Waals surface area contributed by atoms with Crippen molar-refractivity contribution < 1.29 is 26.4 Å². The predicted molar refractivity (Wildman–Crippen MR) is 120 cm³/mol. The normalized spacial score (nSPS) is 11.8. The number of alkyl halides is 3. The molecular weight excluding hydrogens is 461 g/mol. The van der Waals surface area contributed by atoms with Crippen LogP contribution in [0.5, 0.6) is 0 Å². The van der Waals surface area contributed by atoms with E-state index in [0.29, 0.717) is 11.3 Å². The summed E-state index contributed by atoms with van der Waals surface area (Å²) in [5.41, 5.74) is -0.0542. The van der Waals surface area contributed by atoms with Gasteiger partial charge in [-0.05, 0) is 61.2 Å². The van der Waals surface area contributed by atoms with Crippen LogP contribution in [0.4, 0.5) is 24.5 Å². The van der Waals surface area contributed by atoms with Gasteiger partial charge in [0.1, 0.15) is 0 Å². The first-order chi connectivity index (χ1) is 15.0. The van der Waals surface area contributed by atoms with Crippen LogP contribution in [0, 0.1) is 6.92 Å². The Hall–Kier alpha value is -2.98. The fraction of sp³-hybridized carbons (Fsp3) is 0.136. The van der Waals surface area contributed by atoms with E-state index >= 15 is 0 Å². The van der Waals surface area contributed by atoms with E-state index in [9.17, 15) is 26.4 Å². The van der Waals surface area contributed by atoms with Gasteiger partial charge in [-0.2, -0.15) is 13.2 Å². The van der Waals surface area contributed by atoms with E-state index in [4.69, 9.17) is 0 Å². The van der Waals surface area contributed by atoms with Crippen molar-refractivity contribution in [3.05, 3.63) is 83.4 Å². The van der Waals surface area contributed by atoms with Gasteiger partial charge in [-0.3, -0.25) is 9.52 Å². The molecule has 1 amide bonds. The minimum atomic E-state index is -4.55. The number of para-hydroxylation sites is 1. The number of hydrogen-bond donors (Lipinski definition) is 2. The highest BCUT2D eigenvalue weighted by Gasteiger charge is 2.30. The van der Waals surface area contributed by atoms with Crippen LogP contribution in [0.3, 0.4) is 0 Å². The fourth-order valence-corrected chi connectivity index (χ4v) is 4.64. The summed E-state index contributed by atoms with van der Waals surface area (Å²) in [7, 11) is -4.01. The third kappa shape index (κ3) is 5.43. The van der Waals surface area contributed by atoms with Crippen molar-refractivity contribution in [1.29, 1.82) is 0 Å². The summed E-state index contributed by atoms with van der Waals surface area (Å²) in [6.45, 7) is 1.61. The molecule has 0 saturated carbocycles. The zero-order valence-electron chi connectivity index (χ0n) is 17.0. The van der Waals surface area contributed by atoms with Gasteiger partial charge in [-0.25, -0.2) is 8.42 Å². The van der Waals surface area contributed by atoms with Crippen molar-refractivity contribution in [2.45, 2.75) is 22.9 Å². The number of rotatable bonds is 6. The largest absolute Gasteiger partial charge is 0.416 e. The molecular formula is C22H19F3N2O3S2. The van der Waals surface area contributed by atoms with Crippen LogP contribution in [0.25, 0.3) is 0 Å². The Labute approximate surface area is 188 Å².